The van der Waals surface area contributed by atoms with Gasteiger partial charge in [0.15, 0.2) is 4.34 Å². The molecule has 1 aliphatic rings. The number of carbonyl (C=O) groups excluding carboxylic acids is 1. The molecular formula is C17H20Cl2N4OS2. The number of nitrogens with zero attached hydrogens (tertiary/aromatic N) is 2. The summed E-state index contributed by atoms with van der Waals surface area (Å²) in [5, 5.41) is 15.9. The van der Waals surface area contributed by atoms with Gasteiger partial charge in [0.1, 0.15) is 0 Å². The molecule has 2 N–H and O–H groups in total. The Labute approximate surface area is 171 Å². The lowest BCUT2D eigenvalue weighted by molar-refractivity contribution is -0.115. The summed E-state index contributed by atoms with van der Waals surface area (Å²) in [5.74, 6) is -0.179. The Hall–Kier alpha value is -1.02. The number of thioether (sulfide) groups is 1. The van der Waals surface area contributed by atoms with E-state index >= 15 is 0 Å². The van der Waals surface area contributed by atoms with E-state index in [2.05, 4.69) is 20.8 Å². The summed E-state index contributed by atoms with van der Waals surface area (Å²) in [5.41, 5.74) is 0.435. The van der Waals surface area contributed by atoms with Crippen LogP contribution < -0.4 is 10.6 Å². The van der Waals surface area contributed by atoms with Crippen molar-refractivity contribution in [3.05, 3.63) is 28.2 Å². The lowest BCUT2D eigenvalue weighted by Crippen LogP contribution is -2.22. The summed E-state index contributed by atoms with van der Waals surface area (Å²) < 4.78 is 0.760. The Morgan fingerprint density at radius 3 is 2.62 bits per heavy atom. The molecule has 3 rings (SSSR count). The van der Waals surface area contributed by atoms with Gasteiger partial charge in [-0.05, 0) is 31.9 Å². The largest absolute Gasteiger partial charge is 0.357 e. The second kappa shape index (κ2) is 9.26. The standard InChI is InChI=1S/C17H20Cl2N4OS2/c1-10(15(24)21-14-12(18)8-5-9-13(14)19)25-17-23-22-16(26-17)20-11-6-3-2-4-7-11/h5,8-11H,2-4,6-7H2,1H3,(H,20,22)(H,21,24). The molecule has 1 aliphatic carbocycles. The Balaban J connectivity index is 1.55. The van der Waals surface area contributed by atoms with E-state index in [1.807, 2.05) is 6.92 Å². The third kappa shape index (κ3) is 5.25. The zero-order valence-corrected chi connectivity index (χ0v) is 17.4. The van der Waals surface area contributed by atoms with Crippen LogP contribution in [0.4, 0.5) is 10.8 Å². The molecule has 140 valence electrons. The highest BCUT2D eigenvalue weighted by atomic mass is 35.5. The SMILES string of the molecule is CC(Sc1nnc(NC2CCCCC2)s1)C(=O)Nc1c(Cl)cccc1Cl. The average Bonchev–Trinajstić information content (AvgIpc) is 3.05. The molecule has 0 saturated heterocycles. The molecular weight excluding hydrogens is 411 g/mol. The van der Waals surface area contributed by atoms with Crippen molar-refractivity contribution in [2.75, 3.05) is 10.6 Å². The molecule has 1 aromatic heterocycles. The summed E-state index contributed by atoms with van der Waals surface area (Å²) in [7, 11) is 0. The van der Waals surface area contributed by atoms with Crippen LogP contribution in [0.15, 0.2) is 22.5 Å². The van der Waals surface area contributed by atoms with Crippen LogP contribution in [0.25, 0.3) is 0 Å². The zero-order valence-electron chi connectivity index (χ0n) is 14.3. The van der Waals surface area contributed by atoms with Gasteiger partial charge in [-0.15, -0.1) is 10.2 Å². The van der Waals surface area contributed by atoms with Gasteiger partial charge in [0, 0.05) is 6.04 Å². The summed E-state index contributed by atoms with van der Waals surface area (Å²) >= 11 is 15.1. The minimum atomic E-state index is -0.349. The Kier molecular flexibility index (Phi) is 7.03. The van der Waals surface area contributed by atoms with Gasteiger partial charge in [-0.1, -0.05) is 71.6 Å². The van der Waals surface area contributed by atoms with Crippen LogP contribution in [-0.4, -0.2) is 27.4 Å². The smallest absolute Gasteiger partial charge is 0.237 e. The molecule has 1 amide bonds. The van der Waals surface area contributed by atoms with Gasteiger partial charge < -0.3 is 10.6 Å². The van der Waals surface area contributed by atoms with Gasteiger partial charge in [-0.25, -0.2) is 0 Å². The first-order valence-corrected chi connectivity index (χ1v) is 11.0. The van der Waals surface area contributed by atoms with Crippen LogP contribution in [0.3, 0.4) is 0 Å². The van der Waals surface area contributed by atoms with Crippen molar-refractivity contribution in [3.63, 3.8) is 0 Å². The summed E-state index contributed by atoms with van der Waals surface area (Å²) in [4.78, 5) is 12.4. The van der Waals surface area contributed by atoms with E-state index in [4.69, 9.17) is 23.2 Å². The second-order valence-electron chi connectivity index (χ2n) is 6.20. The van der Waals surface area contributed by atoms with E-state index in [0.717, 1.165) is 9.47 Å². The van der Waals surface area contributed by atoms with Crippen LogP contribution in [-0.2, 0) is 4.79 Å². The fourth-order valence-corrected chi connectivity index (χ4v) is 5.25. The molecule has 1 aromatic carbocycles. The number of carbonyl (C=O) groups is 1. The second-order valence-corrected chi connectivity index (χ2v) is 9.58. The lowest BCUT2D eigenvalue weighted by Gasteiger charge is -2.21. The minimum absolute atomic E-state index is 0.179. The van der Waals surface area contributed by atoms with Crippen LogP contribution in [0, 0.1) is 0 Å². The number of hydrogen-bond donors (Lipinski definition) is 2. The zero-order chi connectivity index (χ0) is 18.5. The van der Waals surface area contributed by atoms with Crippen LogP contribution in [0.5, 0.6) is 0 Å². The first kappa shape index (κ1) is 19.7. The number of rotatable bonds is 6. The molecule has 2 aromatic rings. The summed E-state index contributed by atoms with van der Waals surface area (Å²) in [6.07, 6.45) is 6.20. The fraction of sp³-hybridized carbons (Fsp3) is 0.471. The molecule has 5 nitrogen and oxygen atoms in total. The Bertz CT molecular complexity index is 745. The maximum atomic E-state index is 12.4. The van der Waals surface area contributed by atoms with Gasteiger partial charge in [-0.3, -0.25) is 4.79 Å². The van der Waals surface area contributed by atoms with Crippen LogP contribution in [0.1, 0.15) is 39.0 Å². The number of hydrogen-bond acceptors (Lipinski definition) is 6. The van der Waals surface area contributed by atoms with Crippen molar-refractivity contribution in [1.82, 2.24) is 10.2 Å². The van der Waals surface area contributed by atoms with E-state index < -0.39 is 0 Å². The van der Waals surface area contributed by atoms with Crippen molar-refractivity contribution < 1.29 is 4.79 Å². The molecule has 26 heavy (non-hydrogen) atoms. The van der Waals surface area contributed by atoms with Crippen LogP contribution >= 0.6 is 46.3 Å². The monoisotopic (exact) mass is 430 g/mol. The number of para-hydroxylation sites is 1. The highest BCUT2D eigenvalue weighted by Gasteiger charge is 2.20. The first-order valence-electron chi connectivity index (χ1n) is 8.54. The first-order chi connectivity index (χ1) is 12.5. The Morgan fingerprint density at radius 2 is 1.92 bits per heavy atom. The normalized spacial score (nSPS) is 16.3. The van der Waals surface area contributed by atoms with Gasteiger partial charge >= 0.3 is 0 Å². The average molecular weight is 431 g/mol. The van der Waals surface area contributed by atoms with Crippen molar-refractivity contribution in [3.8, 4) is 0 Å². The van der Waals surface area contributed by atoms with Crippen molar-refractivity contribution in [1.29, 1.82) is 0 Å². The lowest BCUT2D eigenvalue weighted by atomic mass is 9.96. The highest BCUT2D eigenvalue weighted by Crippen LogP contribution is 2.33. The Morgan fingerprint density at radius 1 is 1.23 bits per heavy atom. The van der Waals surface area contributed by atoms with E-state index in [0.29, 0.717) is 21.8 Å². The predicted octanol–water partition coefficient (Wildman–Crippen LogP) is 5.71. The minimum Gasteiger partial charge on any atom is -0.357 e. The number of anilines is 2. The molecule has 0 bridgehead atoms. The summed E-state index contributed by atoms with van der Waals surface area (Å²) in [6.45, 7) is 1.82. The van der Waals surface area contributed by atoms with E-state index in [1.165, 1.54) is 55.2 Å². The summed E-state index contributed by atoms with van der Waals surface area (Å²) in [6, 6.07) is 5.60. The molecule has 0 aliphatic heterocycles. The maximum absolute atomic E-state index is 12.4. The third-order valence-electron chi connectivity index (χ3n) is 4.20. The fourth-order valence-electron chi connectivity index (χ4n) is 2.78. The van der Waals surface area contributed by atoms with Crippen LogP contribution in [0.2, 0.25) is 10.0 Å². The third-order valence-corrected chi connectivity index (χ3v) is 6.87. The molecule has 0 spiro atoms. The number of halogens is 2. The van der Waals surface area contributed by atoms with E-state index in [1.54, 1.807) is 18.2 Å². The predicted molar refractivity (Wildman–Crippen MR) is 111 cm³/mol. The quantitative estimate of drug-likeness (QED) is 0.574. The van der Waals surface area contributed by atoms with Crippen molar-refractivity contribution >= 4 is 63.0 Å². The number of nitrogens with one attached hydrogen (secondary N) is 2. The molecule has 1 fully saturated rings. The molecule has 9 heteroatoms. The number of amides is 1. The topological polar surface area (TPSA) is 66.9 Å². The van der Waals surface area contributed by atoms with Gasteiger partial charge in [-0.2, -0.15) is 0 Å². The number of aromatic nitrogens is 2. The maximum Gasteiger partial charge on any atom is 0.237 e. The van der Waals surface area contributed by atoms with Gasteiger partial charge in [0.05, 0.1) is 21.0 Å². The molecule has 1 unspecified atom stereocenters. The van der Waals surface area contributed by atoms with Crippen molar-refractivity contribution in [2.45, 2.75) is 54.7 Å². The number of benzene rings is 1. The van der Waals surface area contributed by atoms with E-state index in [9.17, 15) is 4.79 Å². The molecule has 1 atom stereocenters. The van der Waals surface area contributed by atoms with E-state index in [-0.39, 0.29) is 11.2 Å². The van der Waals surface area contributed by atoms with Gasteiger partial charge in [0.25, 0.3) is 0 Å². The molecule has 1 saturated carbocycles. The van der Waals surface area contributed by atoms with Crippen molar-refractivity contribution in [2.24, 2.45) is 0 Å². The molecule has 1 heterocycles. The highest BCUT2D eigenvalue weighted by molar-refractivity contribution is 8.02. The van der Waals surface area contributed by atoms with Gasteiger partial charge in [0.2, 0.25) is 11.0 Å². The molecule has 0 radical (unpaired) electrons.